The van der Waals surface area contributed by atoms with Crippen molar-refractivity contribution in [2.24, 2.45) is 0 Å². The van der Waals surface area contributed by atoms with Gasteiger partial charge in [0.2, 0.25) is 0 Å². The number of fused-ring (bicyclic) bond motifs is 1. The minimum atomic E-state index is -4.01. The molecule has 146 valence electrons. The molecule has 1 aliphatic heterocycles. The maximum atomic E-state index is 13.3. The molecule has 4 rings (SSSR count). The van der Waals surface area contributed by atoms with E-state index in [9.17, 15) is 12.8 Å². The van der Waals surface area contributed by atoms with Gasteiger partial charge in [-0.3, -0.25) is 4.72 Å². The number of hydrogen-bond acceptors (Lipinski definition) is 4. The highest BCUT2D eigenvalue weighted by Crippen LogP contribution is 2.31. The summed E-state index contributed by atoms with van der Waals surface area (Å²) in [7, 11) is -4.01. The van der Waals surface area contributed by atoms with E-state index in [0.29, 0.717) is 17.1 Å². The molecule has 0 amide bonds. The largest absolute Gasteiger partial charge is 0.311 e. The van der Waals surface area contributed by atoms with Gasteiger partial charge in [0.25, 0.3) is 10.0 Å². The lowest BCUT2D eigenvalue weighted by Crippen LogP contribution is -2.15. The monoisotopic (exact) mass is 420 g/mol. The van der Waals surface area contributed by atoms with Crippen molar-refractivity contribution in [3.63, 3.8) is 0 Å². The fourth-order valence-corrected chi connectivity index (χ4v) is 4.96. The number of hydrogen-bond donors (Lipinski definition) is 1. The lowest BCUT2D eigenvalue weighted by Gasteiger charge is -2.14. The summed E-state index contributed by atoms with van der Waals surface area (Å²) in [5.74, 6) is 0.933. The van der Waals surface area contributed by atoms with Crippen LogP contribution in [0.25, 0.3) is 11.4 Å². The van der Waals surface area contributed by atoms with Gasteiger partial charge in [-0.15, -0.1) is 10.2 Å². The maximum absolute atomic E-state index is 13.3. The number of sulfonamides is 1. The molecule has 0 radical (unpaired) electrons. The van der Waals surface area contributed by atoms with E-state index in [1.807, 2.05) is 10.6 Å². The van der Waals surface area contributed by atoms with Crippen LogP contribution in [0, 0.1) is 5.82 Å². The predicted octanol–water partition coefficient (Wildman–Crippen LogP) is 4.26. The third kappa shape index (κ3) is 3.62. The fourth-order valence-electron chi connectivity index (χ4n) is 3.34. The summed E-state index contributed by atoms with van der Waals surface area (Å²) < 4.78 is 43.6. The van der Waals surface area contributed by atoms with Gasteiger partial charge < -0.3 is 4.57 Å². The van der Waals surface area contributed by atoms with Crippen LogP contribution in [-0.4, -0.2) is 23.2 Å². The number of para-hydroxylation sites is 1. The van der Waals surface area contributed by atoms with E-state index in [-0.39, 0.29) is 9.92 Å². The zero-order valence-electron chi connectivity index (χ0n) is 14.9. The summed E-state index contributed by atoms with van der Waals surface area (Å²) in [5, 5.41) is 8.41. The zero-order chi connectivity index (χ0) is 19.7. The van der Waals surface area contributed by atoms with Crippen molar-refractivity contribution in [2.45, 2.75) is 37.1 Å². The van der Waals surface area contributed by atoms with Gasteiger partial charge in [-0.2, -0.15) is 0 Å². The van der Waals surface area contributed by atoms with Crippen LogP contribution in [0.4, 0.5) is 10.1 Å². The topological polar surface area (TPSA) is 76.9 Å². The Kier molecular flexibility index (Phi) is 5.07. The highest BCUT2D eigenvalue weighted by Gasteiger charge is 2.23. The molecule has 0 saturated carbocycles. The maximum Gasteiger partial charge on any atom is 0.263 e. The number of rotatable bonds is 4. The molecule has 0 atom stereocenters. The van der Waals surface area contributed by atoms with Crippen molar-refractivity contribution in [1.82, 2.24) is 14.8 Å². The summed E-state index contributed by atoms with van der Waals surface area (Å²) in [6.07, 6.45) is 4.07. The molecule has 0 unspecified atom stereocenters. The van der Waals surface area contributed by atoms with Gasteiger partial charge >= 0.3 is 0 Å². The summed E-state index contributed by atoms with van der Waals surface area (Å²) in [6, 6.07) is 10.2. The Balaban J connectivity index is 1.74. The summed E-state index contributed by atoms with van der Waals surface area (Å²) in [4.78, 5) is -0.189. The molecule has 1 N–H and O–H groups in total. The van der Waals surface area contributed by atoms with Crippen molar-refractivity contribution in [2.75, 3.05) is 4.72 Å². The zero-order valence-corrected chi connectivity index (χ0v) is 16.5. The van der Waals surface area contributed by atoms with Crippen LogP contribution in [0.5, 0.6) is 0 Å². The second-order valence-electron chi connectivity index (χ2n) is 6.63. The predicted molar refractivity (Wildman–Crippen MR) is 105 cm³/mol. The van der Waals surface area contributed by atoms with E-state index >= 15 is 0 Å². The molecular weight excluding hydrogens is 403 g/mol. The number of nitrogens with zero attached hydrogens (tertiary/aromatic N) is 3. The Bertz CT molecular complexity index is 1130. The van der Waals surface area contributed by atoms with E-state index in [2.05, 4.69) is 14.9 Å². The molecule has 6 nitrogen and oxygen atoms in total. The first-order valence-corrected chi connectivity index (χ1v) is 10.8. The molecule has 0 saturated heterocycles. The van der Waals surface area contributed by atoms with Gasteiger partial charge in [0.05, 0.1) is 10.7 Å². The van der Waals surface area contributed by atoms with Crippen molar-refractivity contribution < 1.29 is 12.8 Å². The minimum Gasteiger partial charge on any atom is -0.311 e. The molecule has 1 aromatic heterocycles. The number of halogens is 2. The lowest BCUT2D eigenvalue weighted by molar-refractivity contribution is 0.600. The van der Waals surface area contributed by atoms with Crippen molar-refractivity contribution >= 4 is 27.3 Å². The Morgan fingerprint density at radius 1 is 1.07 bits per heavy atom. The molecule has 28 heavy (non-hydrogen) atoms. The molecule has 9 heteroatoms. The van der Waals surface area contributed by atoms with Crippen LogP contribution in [-0.2, 0) is 23.0 Å². The van der Waals surface area contributed by atoms with Gasteiger partial charge in [0.1, 0.15) is 16.5 Å². The molecule has 0 aliphatic carbocycles. The van der Waals surface area contributed by atoms with Gasteiger partial charge in [0, 0.05) is 18.5 Å². The number of aromatic nitrogens is 3. The third-order valence-corrected chi connectivity index (χ3v) is 6.55. The average Bonchev–Trinajstić information content (AvgIpc) is 2.89. The smallest absolute Gasteiger partial charge is 0.263 e. The highest BCUT2D eigenvalue weighted by molar-refractivity contribution is 7.92. The molecule has 0 fully saturated rings. The minimum absolute atomic E-state index is 0.179. The number of nitrogens with one attached hydrogen (secondary N) is 1. The first-order valence-electron chi connectivity index (χ1n) is 8.95. The van der Waals surface area contributed by atoms with E-state index in [4.69, 9.17) is 11.6 Å². The molecule has 3 aromatic rings. The number of benzene rings is 2. The fraction of sp³-hybridized carbons (Fsp3) is 0.263. The second-order valence-corrected chi connectivity index (χ2v) is 8.69. The normalized spacial score (nSPS) is 14.4. The Morgan fingerprint density at radius 3 is 2.71 bits per heavy atom. The van der Waals surface area contributed by atoms with E-state index in [1.54, 1.807) is 18.2 Å². The van der Waals surface area contributed by atoms with Crippen LogP contribution < -0.4 is 4.72 Å². The van der Waals surface area contributed by atoms with Crippen LogP contribution in [0.15, 0.2) is 47.4 Å². The van der Waals surface area contributed by atoms with Crippen LogP contribution in [0.2, 0.25) is 5.02 Å². The quantitative estimate of drug-likeness (QED) is 0.684. The summed E-state index contributed by atoms with van der Waals surface area (Å²) >= 11 is 5.95. The first kappa shape index (κ1) is 18.9. The molecule has 1 aliphatic rings. The van der Waals surface area contributed by atoms with Crippen LogP contribution in [0.1, 0.15) is 25.1 Å². The molecule has 0 spiro atoms. The number of aryl methyl sites for hydroxylation is 1. The molecule has 2 heterocycles. The van der Waals surface area contributed by atoms with Gasteiger partial charge in [-0.25, -0.2) is 12.8 Å². The molecule has 0 bridgehead atoms. The van der Waals surface area contributed by atoms with Gasteiger partial charge in [0.15, 0.2) is 5.82 Å². The van der Waals surface area contributed by atoms with Crippen molar-refractivity contribution in [1.29, 1.82) is 0 Å². The number of anilines is 1. The first-order chi connectivity index (χ1) is 13.5. The summed E-state index contributed by atoms with van der Waals surface area (Å²) in [5.41, 5.74) is 0.993. The average molecular weight is 421 g/mol. The van der Waals surface area contributed by atoms with Gasteiger partial charge in [-0.05, 0) is 43.2 Å². The standard InChI is InChI=1S/C19H18ClFN4O2S/c20-15-12-13(21)9-10-17(15)28(26,27)24-16-7-4-3-6-14(16)19-23-22-18-8-2-1-5-11-25(18)19/h3-4,6-7,9-10,12,24H,1-2,5,8,11H2. The van der Waals surface area contributed by atoms with E-state index < -0.39 is 15.8 Å². The molecule has 2 aromatic carbocycles. The Hall–Kier alpha value is -2.45. The second kappa shape index (κ2) is 7.52. The van der Waals surface area contributed by atoms with Gasteiger partial charge in [-0.1, -0.05) is 30.2 Å². The molecular formula is C19H18ClFN4O2S. The van der Waals surface area contributed by atoms with Crippen molar-refractivity contribution in [3.8, 4) is 11.4 Å². The van der Waals surface area contributed by atoms with Crippen LogP contribution in [0.3, 0.4) is 0 Å². The summed E-state index contributed by atoms with van der Waals surface area (Å²) in [6.45, 7) is 0.794. The Morgan fingerprint density at radius 2 is 1.89 bits per heavy atom. The SMILES string of the molecule is O=S(=O)(Nc1ccccc1-c1nnc2n1CCCCC2)c1ccc(F)cc1Cl. The van der Waals surface area contributed by atoms with Crippen molar-refractivity contribution in [3.05, 3.63) is 59.1 Å². The van der Waals surface area contributed by atoms with Crippen LogP contribution >= 0.6 is 11.6 Å². The Labute approximate surface area is 167 Å². The van der Waals surface area contributed by atoms with E-state index in [0.717, 1.165) is 56.3 Å². The lowest BCUT2D eigenvalue weighted by atomic mass is 10.1. The highest BCUT2D eigenvalue weighted by atomic mass is 35.5. The van der Waals surface area contributed by atoms with E-state index in [1.165, 1.54) is 0 Å². The third-order valence-electron chi connectivity index (χ3n) is 4.71.